The molecule has 4 heteroatoms. The Morgan fingerprint density at radius 1 is 1.39 bits per heavy atom. The van der Waals surface area contributed by atoms with Crippen LogP contribution in [0.5, 0.6) is 0 Å². The number of aromatic nitrogens is 2. The van der Waals surface area contributed by atoms with Gasteiger partial charge in [-0.1, -0.05) is 25.8 Å². The second kappa shape index (κ2) is 6.43. The van der Waals surface area contributed by atoms with Crippen LogP contribution in [0.1, 0.15) is 50.9 Å². The van der Waals surface area contributed by atoms with E-state index in [9.17, 15) is 0 Å². The van der Waals surface area contributed by atoms with Gasteiger partial charge < -0.3 is 0 Å². The van der Waals surface area contributed by atoms with Gasteiger partial charge in [0.25, 0.3) is 0 Å². The molecular weight excluding hydrogens is 242 g/mol. The van der Waals surface area contributed by atoms with Crippen LogP contribution in [0.3, 0.4) is 0 Å². The van der Waals surface area contributed by atoms with Crippen molar-refractivity contribution in [1.82, 2.24) is 13.6 Å². The summed E-state index contributed by atoms with van der Waals surface area (Å²) in [5.41, 5.74) is 3.74. The minimum absolute atomic E-state index is 0.642. The highest BCUT2D eigenvalue weighted by atomic mass is 32.1. The zero-order chi connectivity index (χ0) is 13.0. The second-order valence-corrected chi connectivity index (χ2v) is 5.77. The van der Waals surface area contributed by atoms with Gasteiger partial charge in [0.2, 0.25) is 0 Å². The maximum Gasteiger partial charge on any atom is 0.104 e. The number of nitrogens with zero attached hydrogens (tertiary/aromatic N) is 3. The summed E-state index contributed by atoms with van der Waals surface area (Å²) in [4.78, 5) is 2.39. The molecule has 2 heterocycles. The van der Waals surface area contributed by atoms with Gasteiger partial charge in [0.15, 0.2) is 0 Å². The van der Waals surface area contributed by atoms with Crippen LogP contribution in [0.15, 0.2) is 6.08 Å². The van der Waals surface area contributed by atoms with Crippen molar-refractivity contribution in [2.45, 2.75) is 52.0 Å². The van der Waals surface area contributed by atoms with E-state index in [1.807, 2.05) is 0 Å². The van der Waals surface area contributed by atoms with Crippen LogP contribution >= 0.6 is 11.7 Å². The number of hydrogen-bond acceptors (Lipinski definition) is 4. The fourth-order valence-electron chi connectivity index (χ4n) is 2.31. The van der Waals surface area contributed by atoms with Crippen LogP contribution in [0, 0.1) is 0 Å². The molecular formula is C14H23N3S. The van der Waals surface area contributed by atoms with E-state index in [1.54, 1.807) is 0 Å². The Balaban J connectivity index is 2.07. The van der Waals surface area contributed by atoms with Crippen molar-refractivity contribution in [2.75, 3.05) is 13.6 Å². The molecule has 100 valence electrons. The molecule has 1 aliphatic rings. The molecule has 0 spiro atoms. The first-order valence-electron chi connectivity index (χ1n) is 6.93. The molecule has 1 aromatic heterocycles. The van der Waals surface area contributed by atoms with Gasteiger partial charge in [0, 0.05) is 12.6 Å². The van der Waals surface area contributed by atoms with Crippen LogP contribution in [0.4, 0.5) is 0 Å². The Bertz CT molecular complexity index is 411. The summed E-state index contributed by atoms with van der Waals surface area (Å²) in [5.74, 6) is 0. The Hall–Kier alpha value is -0.740. The molecule has 0 fully saturated rings. The monoisotopic (exact) mass is 265 g/mol. The normalized spacial score (nSPS) is 21.1. The Morgan fingerprint density at radius 2 is 2.22 bits per heavy atom. The first kappa shape index (κ1) is 13.7. The predicted octanol–water partition coefficient (Wildman–Crippen LogP) is 3.38. The zero-order valence-corrected chi connectivity index (χ0v) is 12.5. The summed E-state index contributed by atoms with van der Waals surface area (Å²) >= 11 is 1.36. The van der Waals surface area contributed by atoms with Gasteiger partial charge in [-0.25, -0.2) is 0 Å². The lowest BCUT2D eigenvalue weighted by Crippen LogP contribution is -2.33. The SMILES string of the molecule is CCCCCc1nsnc1C1=CCC(C)N(C)C1. The number of likely N-dealkylation sites (N-methyl/N-ethyl adjacent to an activating group) is 1. The van der Waals surface area contributed by atoms with E-state index in [0.29, 0.717) is 6.04 Å². The molecule has 0 aromatic carbocycles. The van der Waals surface area contributed by atoms with Crippen molar-refractivity contribution < 1.29 is 0 Å². The van der Waals surface area contributed by atoms with Crippen molar-refractivity contribution in [3.63, 3.8) is 0 Å². The fraction of sp³-hybridized carbons (Fsp3) is 0.714. The molecule has 3 nitrogen and oxygen atoms in total. The molecule has 0 radical (unpaired) electrons. The fourth-order valence-corrected chi connectivity index (χ4v) is 2.93. The second-order valence-electron chi connectivity index (χ2n) is 5.25. The van der Waals surface area contributed by atoms with Crippen molar-refractivity contribution in [1.29, 1.82) is 0 Å². The van der Waals surface area contributed by atoms with Crippen molar-refractivity contribution in [3.8, 4) is 0 Å². The van der Waals surface area contributed by atoms with E-state index in [1.165, 1.54) is 42.3 Å². The molecule has 1 aromatic rings. The molecule has 1 aliphatic heterocycles. The summed E-state index contributed by atoms with van der Waals surface area (Å²) in [6, 6.07) is 0.642. The zero-order valence-electron chi connectivity index (χ0n) is 11.6. The minimum Gasteiger partial charge on any atom is -0.299 e. The third-order valence-electron chi connectivity index (χ3n) is 3.76. The van der Waals surface area contributed by atoms with Gasteiger partial charge >= 0.3 is 0 Å². The minimum atomic E-state index is 0.642. The summed E-state index contributed by atoms with van der Waals surface area (Å²) in [6.07, 6.45) is 8.33. The third kappa shape index (κ3) is 3.18. The lowest BCUT2D eigenvalue weighted by molar-refractivity contribution is 0.280. The van der Waals surface area contributed by atoms with Crippen molar-refractivity contribution >= 4 is 17.3 Å². The van der Waals surface area contributed by atoms with Gasteiger partial charge in [-0.2, -0.15) is 8.75 Å². The lowest BCUT2D eigenvalue weighted by Gasteiger charge is -2.29. The van der Waals surface area contributed by atoms with Gasteiger partial charge in [-0.15, -0.1) is 0 Å². The topological polar surface area (TPSA) is 29.0 Å². The van der Waals surface area contributed by atoms with Crippen LogP contribution in [0.2, 0.25) is 0 Å². The highest BCUT2D eigenvalue weighted by Gasteiger charge is 2.20. The Kier molecular flexibility index (Phi) is 4.89. The van der Waals surface area contributed by atoms with Gasteiger partial charge in [-0.05, 0) is 38.8 Å². The van der Waals surface area contributed by atoms with Crippen LogP contribution in [0.25, 0.3) is 5.57 Å². The van der Waals surface area contributed by atoms with Gasteiger partial charge in [-0.3, -0.25) is 4.90 Å². The molecule has 0 saturated heterocycles. The first-order valence-corrected chi connectivity index (χ1v) is 7.66. The molecule has 1 atom stereocenters. The van der Waals surface area contributed by atoms with E-state index in [4.69, 9.17) is 0 Å². The van der Waals surface area contributed by atoms with E-state index in [-0.39, 0.29) is 0 Å². The first-order chi connectivity index (χ1) is 8.72. The highest BCUT2D eigenvalue weighted by Crippen LogP contribution is 2.25. The number of hydrogen-bond donors (Lipinski definition) is 0. The molecule has 0 saturated carbocycles. The third-order valence-corrected chi connectivity index (χ3v) is 4.32. The van der Waals surface area contributed by atoms with E-state index >= 15 is 0 Å². The predicted molar refractivity (Wildman–Crippen MR) is 77.8 cm³/mol. The van der Waals surface area contributed by atoms with Crippen molar-refractivity contribution in [2.24, 2.45) is 0 Å². The summed E-state index contributed by atoms with van der Waals surface area (Å²) < 4.78 is 8.99. The molecule has 0 bridgehead atoms. The maximum absolute atomic E-state index is 4.51. The highest BCUT2D eigenvalue weighted by molar-refractivity contribution is 6.99. The quantitative estimate of drug-likeness (QED) is 0.764. The van der Waals surface area contributed by atoms with E-state index in [0.717, 1.165) is 25.1 Å². The van der Waals surface area contributed by atoms with Gasteiger partial charge in [0.05, 0.1) is 17.4 Å². The molecule has 0 amide bonds. The van der Waals surface area contributed by atoms with Gasteiger partial charge in [0.1, 0.15) is 5.69 Å². The van der Waals surface area contributed by atoms with E-state index in [2.05, 4.69) is 40.6 Å². The molecule has 0 N–H and O–H groups in total. The lowest BCUT2D eigenvalue weighted by atomic mass is 9.99. The summed E-state index contributed by atoms with van der Waals surface area (Å²) in [6.45, 7) is 5.52. The largest absolute Gasteiger partial charge is 0.299 e. The molecule has 18 heavy (non-hydrogen) atoms. The Labute approximate surface area is 114 Å². The average Bonchev–Trinajstić information content (AvgIpc) is 2.81. The summed E-state index contributed by atoms with van der Waals surface area (Å²) in [5, 5.41) is 0. The van der Waals surface area contributed by atoms with Crippen LogP contribution < -0.4 is 0 Å². The van der Waals surface area contributed by atoms with E-state index < -0.39 is 0 Å². The molecule has 0 aliphatic carbocycles. The standard InChI is InChI=1S/C14H23N3S/c1-4-5-6-7-13-14(16-18-15-13)12-9-8-11(2)17(3)10-12/h9,11H,4-8,10H2,1-3H3. The number of unbranched alkanes of at least 4 members (excludes halogenated alkanes) is 2. The molecule has 2 rings (SSSR count). The smallest absolute Gasteiger partial charge is 0.104 e. The number of rotatable bonds is 5. The van der Waals surface area contributed by atoms with Crippen LogP contribution in [-0.2, 0) is 6.42 Å². The van der Waals surface area contributed by atoms with Crippen LogP contribution in [-0.4, -0.2) is 33.3 Å². The molecule has 1 unspecified atom stereocenters. The maximum atomic E-state index is 4.51. The average molecular weight is 265 g/mol. The summed E-state index contributed by atoms with van der Waals surface area (Å²) in [7, 11) is 2.19. The van der Waals surface area contributed by atoms with Crippen molar-refractivity contribution in [3.05, 3.63) is 17.5 Å². The number of aryl methyl sites for hydroxylation is 1. The Morgan fingerprint density at radius 3 is 2.94 bits per heavy atom.